The lowest BCUT2D eigenvalue weighted by Crippen LogP contribution is -2.11. The summed E-state index contributed by atoms with van der Waals surface area (Å²) in [6.07, 6.45) is 3.79. The number of nitrogens with zero attached hydrogens (tertiary/aromatic N) is 2. The number of pyridine rings is 1. The Morgan fingerprint density at radius 1 is 1.22 bits per heavy atom. The lowest BCUT2D eigenvalue weighted by Gasteiger charge is -2.14. The van der Waals surface area contributed by atoms with Crippen LogP contribution in [0.2, 0.25) is 0 Å². The van der Waals surface area contributed by atoms with Gasteiger partial charge >= 0.3 is 0 Å². The third kappa shape index (κ3) is 2.61. The van der Waals surface area contributed by atoms with E-state index in [0.29, 0.717) is 5.92 Å². The van der Waals surface area contributed by atoms with E-state index in [0.717, 1.165) is 10.7 Å². The highest BCUT2D eigenvalue weighted by molar-refractivity contribution is 7.13. The van der Waals surface area contributed by atoms with Crippen molar-refractivity contribution in [3.63, 3.8) is 0 Å². The maximum absolute atomic E-state index is 4.77. The first-order valence-corrected chi connectivity index (χ1v) is 7.18. The summed E-state index contributed by atoms with van der Waals surface area (Å²) in [7, 11) is 0. The lowest BCUT2D eigenvalue weighted by atomic mass is 9.93. The quantitative estimate of drug-likeness (QED) is 0.787. The highest BCUT2D eigenvalue weighted by Crippen LogP contribution is 2.33. The lowest BCUT2D eigenvalue weighted by molar-refractivity contribution is 0.573. The Morgan fingerprint density at radius 3 is 2.50 bits per heavy atom. The second kappa shape index (κ2) is 4.81. The summed E-state index contributed by atoms with van der Waals surface area (Å²) in [4.78, 5) is 9.02. The van der Waals surface area contributed by atoms with Crippen LogP contribution in [0.4, 0.5) is 0 Å². The molecule has 2 aromatic heterocycles. The van der Waals surface area contributed by atoms with Gasteiger partial charge in [-0.3, -0.25) is 4.98 Å². The van der Waals surface area contributed by atoms with Crippen LogP contribution >= 0.6 is 11.3 Å². The number of aromatic nitrogens is 2. The average molecular weight is 260 g/mol. The van der Waals surface area contributed by atoms with Crippen molar-refractivity contribution < 1.29 is 0 Å². The second-order valence-corrected chi connectivity index (χ2v) is 6.76. The van der Waals surface area contributed by atoms with Crippen LogP contribution in [0.5, 0.6) is 0 Å². The van der Waals surface area contributed by atoms with Gasteiger partial charge in [0.25, 0.3) is 0 Å². The fraction of sp³-hybridized carbons (Fsp3) is 0.467. The molecule has 2 nitrogen and oxygen atoms in total. The fourth-order valence-electron chi connectivity index (χ4n) is 1.83. The maximum atomic E-state index is 4.77. The molecule has 18 heavy (non-hydrogen) atoms. The van der Waals surface area contributed by atoms with Crippen molar-refractivity contribution in [2.45, 2.75) is 46.0 Å². The van der Waals surface area contributed by atoms with Crippen LogP contribution in [-0.2, 0) is 5.41 Å². The van der Waals surface area contributed by atoms with Crippen LogP contribution < -0.4 is 0 Å². The first-order chi connectivity index (χ1) is 8.39. The van der Waals surface area contributed by atoms with Crippen molar-refractivity contribution in [3.05, 3.63) is 35.1 Å². The van der Waals surface area contributed by atoms with Gasteiger partial charge in [0.1, 0.15) is 5.01 Å². The van der Waals surface area contributed by atoms with E-state index >= 15 is 0 Å². The van der Waals surface area contributed by atoms with Gasteiger partial charge in [0.15, 0.2) is 0 Å². The molecule has 96 valence electrons. The number of hydrogen-bond donors (Lipinski definition) is 0. The fourth-order valence-corrected chi connectivity index (χ4v) is 2.91. The van der Waals surface area contributed by atoms with Gasteiger partial charge < -0.3 is 0 Å². The van der Waals surface area contributed by atoms with Crippen molar-refractivity contribution in [2.24, 2.45) is 0 Å². The summed E-state index contributed by atoms with van der Waals surface area (Å²) in [6.45, 7) is 11.0. The Balaban J connectivity index is 2.47. The van der Waals surface area contributed by atoms with Crippen LogP contribution in [0.1, 0.15) is 51.8 Å². The Hall–Kier alpha value is -1.22. The maximum Gasteiger partial charge on any atom is 0.125 e. The van der Waals surface area contributed by atoms with E-state index in [1.165, 1.54) is 11.1 Å². The van der Waals surface area contributed by atoms with E-state index < -0.39 is 0 Å². The first kappa shape index (κ1) is 13.2. The standard InChI is InChI=1S/C15H20N2S/c1-10(2)11-6-7-16-8-12(11)14-17-13(9-18-14)15(3,4)5/h6-10H,1-5H3. The Morgan fingerprint density at radius 2 is 1.94 bits per heavy atom. The zero-order chi connectivity index (χ0) is 13.3. The van der Waals surface area contributed by atoms with Crippen molar-refractivity contribution in [1.82, 2.24) is 9.97 Å². The SMILES string of the molecule is CC(C)c1ccncc1-c1nc(C(C)(C)C)cs1. The Bertz CT molecular complexity index is 535. The second-order valence-electron chi connectivity index (χ2n) is 5.91. The van der Waals surface area contributed by atoms with Crippen LogP contribution in [-0.4, -0.2) is 9.97 Å². The van der Waals surface area contributed by atoms with E-state index in [1.807, 2.05) is 12.4 Å². The summed E-state index contributed by atoms with van der Waals surface area (Å²) >= 11 is 1.71. The highest BCUT2D eigenvalue weighted by atomic mass is 32.1. The van der Waals surface area contributed by atoms with Crippen molar-refractivity contribution in [3.8, 4) is 10.6 Å². The Labute approximate surface area is 113 Å². The molecule has 0 aliphatic carbocycles. The molecule has 0 atom stereocenters. The predicted molar refractivity (Wildman–Crippen MR) is 78.1 cm³/mol. The summed E-state index contributed by atoms with van der Waals surface area (Å²) < 4.78 is 0. The van der Waals surface area contributed by atoms with Gasteiger partial charge in [-0.05, 0) is 17.5 Å². The van der Waals surface area contributed by atoms with Gasteiger partial charge in [0.05, 0.1) is 5.69 Å². The van der Waals surface area contributed by atoms with Crippen molar-refractivity contribution in [1.29, 1.82) is 0 Å². The molecule has 0 aliphatic heterocycles. The monoisotopic (exact) mass is 260 g/mol. The number of hydrogen-bond acceptors (Lipinski definition) is 3. The summed E-state index contributed by atoms with van der Waals surface area (Å²) in [5.74, 6) is 0.491. The van der Waals surface area contributed by atoms with Gasteiger partial charge in [-0.2, -0.15) is 0 Å². The number of thiazole rings is 1. The van der Waals surface area contributed by atoms with E-state index in [2.05, 4.69) is 51.0 Å². The molecular formula is C15H20N2S. The molecule has 0 N–H and O–H groups in total. The normalized spacial score (nSPS) is 12.1. The minimum Gasteiger partial charge on any atom is -0.264 e. The van der Waals surface area contributed by atoms with Crippen LogP contribution in [0, 0.1) is 0 Å². The topological polar surface area (TPSA) is 25.8 Å². The van der Waals surface area contributed by atoms with Gasteiger partial charge in [-0.15, -0.1) is 11.3 Å². The van der Waals surface area contributed by atoms with E-state index in [-0.39, 0.29) is 5.41 Å². The molecule has 0 aromatic carbocycles. The molecule has 0 saturated carbocycles. The largest absolute Gasteiger partial charge is 0.264 e. The van der Waals surface area contributed by atoms with E-state index in [1.54, 1.807) is 11.3 Å². The Kier molecular flexibility index (Phi) is 3.53. The molecule has 0 unspecified atom stereocenters. The number of rotatable bonds is 2. The molecule has 0 spiro atoms. The molecule has 2 rings (SSSR count). The zero-order valence-electron chi connectivity index (χ0n) is 11.7. The summed E-state index contributed by atoms with van der Waals surface area (Å²) in [5, 5.41) is 3.24. The average Bonchev–Trinajstić information content (AvgIpc) is 2.77. The van der Waals surface area contributed by atoms with Crippen LogP contribution in [0.25, 0.3) is 10.6 Å². The first-order valence-electron chi connectivity index (χ1n) is 6.30. The summed E-state index contributed by atoms with van der Waals surface area (Å²) in [5.41, 5.74) is 3.75. The van der Waals surface area contributed by atoms with Crippen LogP contribution in [0.15, 0.2) is 23.8 Å². The minimum atomic E-state index is 0.106. The van der Waals surface area contributed by atoms with E-state index in [4.69, 9.17) is 4.98 Å². The third-order valence-corrected chi connectivity index (χ3v) is 3.86. The predicted octanol–water partition coefficient (Wildman–Crippen LogP) is 4.63. The summed E-state index contributed by atoms with van der Waals surface area (Å²) in [6, 6.07) is 2.10. The molecule has 2 heterocycles. The van der Waals surface area contributed by atoms with Gasteiger partial charge in [-0.25, -0.2) is 4.98 Å². The molecule has 0 fully saturated rings. The van der Waals surface area contributed by atoms with Gasteiger partial charge in [0.2, 0.25) is 0 Å². The molecule has 2 aromatic rings. The van der Waals surface area contributed by atoms with Crippen molar-refractivity contribution in [2.75, 3.05) is 0 Å². The molecule has 0 amide bonds. The van der Waals surface area contributed by atoms with Crippen molar-refractivity contribution >= 4 is 11.3 Å². The van der Waals surface area contributed by atoms with E-state index in [9.17, 15) is 0 Å². The minimum absolute atomic E-state index is 0.106. The zero-order valence-corrected chi connectivity index (χ0v) is 12.5. The smallest absolute Gasteiger partial charge is 0.125 e. The molecule has 0 bridgehead atoms. The highest BCUT2D eigenvalue weighted by Gasteiger charge is 2.19. The van der Waals surface area contributed by atoms with Gasteiger partial charge in [-0.1, -0.05) is 34.6 Å². The molecular weight excluding hydrogens is 240 g/mol. The molecule has 0 saturated heterocycles. The molecule has 0 radical (unpaired) electrons. The molecule has 3 heteroatoms. The van der Waals surface area contributed by atoms with Gasteiger partial charge in [0, 0.05) is 28.8 Å². The van der Waals surface area contributed by atoms with Crippen LogP contribution in [0.3, 0.4) is 0 Å². The molecule has 0 aliphatic rings. The third-order valence-electron chi connectivity index (χ3n) is 2.98.